The van der Waals surface area contributed by atoms with Crippen LogP contribution < -0.4 is 10.9 Å². The summed E-state index contributed by atoms with van der Waals surface area (Å²) in [4.78, 5) is 27.9. The Labute approximate surface area is 105 Å². The SMILES string of the molecule is CC1C2CNCC2CN1C(=O)c1ccc(=O)[nH]c1. The third-order valence-corrected chi connectivity index (χ3v) is 4.23. The van der Waals surface area contributed by atoms with Crippen LogP contribution in [0.1, 0.15) is 17.3 Å². The lowest BCUT2D eigenvalue weighted by Gasteiger charge is -2.24. The molecular formula is C13H17N3O2. The minimum atomic E-state index is -0.179. The summed E-state index contributed by atoms with van der Waals surface area (Å²) in [7, 11) is 0. The van der Waals surface area contributed by atoms with E-state index in [1.165, 1.54) is 12.3 Å². The molecule has 18 heavy (non-hydrogen) atoms. The number of nitrogens with zero attached hydrogens (tertiary/aromatic N) is 1. The largest absolute Gasteiger partial charge is 0.335 e. The number of amides is 1. The van der Waals surface area contributed by atoms with E-state index in [0.717, 1.165) is 19.6 Å². The number of aromatic nitrogens is 1. The lowest BCUT2D eigenvalue weighted by atomic mass is 9.95. The normalized spacial score (nSPS) is 30.5. The summed E-state index contributed by atoms with van der Waals surface area (Å²) in [5.41, 5.74) is 0.386. The van der Waals surface area contributed by atoms with Crippen LogP contribution in [-0.2, 0) is 0 Å². The zero-order chi connectivity index (χ0) is 12.7. The van der Waals surface area contributed by atoms with Crippen molar-refractivity contribution in [2.75, 3.05) is 19.6 Å². The summed E-state index contributed by atoms with van der Waals surface area (Å²) < 4.78 is 0. The Balaban J connectivity index is 1.81. The minimum absolute atomic E-state index is 0.0214. The number of rotatable bonds is 1. The van der Waals surface area contributed by atoms with Crippen LogP contribution in [0.15, 0.2) is 23.1 Å². The van der Waals surface area contributed by atoms with Crippen LogP contribution >= 0.6 is 0 Å². The molecule has 2 aliphatic rings. The summed E-state index contributed by atoms with van der Waals surface area (Å²) in [5, 5.41) is 3.38. The Bertz CT molecular complexity index is 505. The van der Waals surface area contributed by atoms with Crippen molar-refractivity contribution in [2.24, 2.45) is 11.8 Å². The van der Waals surface area contributed by atoms with E-state index in [0.29, 0.717) is 17.4 Å². The van der Waals surface area contributed by atoms with Gasteiger partial charge in [0.2, 0.25) is 5.56 Å². The number of nitrogens with one attached hydrogen (secondary N) is 2. The summed E-state index contributed by atoms with van der Waals surface area (Å²) in [6.45, 7) is 4.93. The van der Waals surface area contributed by atoms with Crippen LogP contribution in [0.2, 0.25) is 0 Å². The number of carbonyl (C=O) groups is 1. The molecular weight excluding hydrogens is 230 g/mol. The number of carbonyl (C=O) groups excluding carboxylic acids is 1. The lowest BCUT2D eigenvalue weighted by molar-refractivity contribution is 0.0728. The first-order chi connectivity index (χ1) is 8.66. The first-order valence-corrected chi connectivity index (χ1v) is 6.37. The van der Waals surface area contributed by atoms with Gasteiger partial charge in [0, 0.05) is 37.9 Å². The van der Waals surface area contributed by atoms with Gasteiger partial charge in [0.15, 0.2) is 0 Å². The van der Waals surface area contributed by atoms with Gasteiger partial charge in [-0.1, -0.05) is 0 Å². The average molecular weight is 247 g/mol. The van der Waals surface area contributed by atoms with Crippen molar-refractivity contribution in [3.63, 3.8) is 0 Å². The maximum absolute atomic E-state index is 12.4. The van der Waals surface area contributed by atoms with Gasteiger partial charge in [-0.05, 0) is 24.8 Å². The van der Waals surface area contributed by atoms with Gasteiger partial charge in [-0.2, -0.15) is 0 Å². The number of fused-ring (bicyclic) bond motifs is 1. The summed E-state index contributed by atoms with van der Waals surface area (Å²) in [6.07, 6.45) is 1.50. The molecule has 3 atom stereocenters. The van der Waals surface area contributed by atoms with Crippen molar-refractivity contribution in [2.45, 2.75) is 13.0 Å². The van der Waals surface area contributed by atoms with Crippen LogP contribution in [0.25, 0.3) is 0 Å². The third-order valence-electron chi connectivity index (χ3n) is 4.23. The van der Waals surface area contributed by atoms with E-state index >= 15 is 0 Å². The molecule has 2 N–H and O–H groups in total. The Morgan fingerprint density at radius 1 is 1.39 bits per heavy atom. The predicted molar refractivity (Wildman–Crippen MR) is 67.4 cm³/mol. The maximum atomic E-state index is 12.4. The highest BCUT2D eigenvalue weighted by Gasteiger charge is 2.43. The zero-order valence-corrected chi connectivity index (χ0v) is 10.3. The number of aromatic amines is 1. The monoisotopic (exact) mass is 247 g/mol. The molecule has 2 aliphatic heterocycles. The van der Waals surface area contributed by atoms with Gasteiger partial charge in [0.1, 0.15) is 0 Å². The molecule has 0 aliphatic carbocycles. The molecule has 0 bridgehead atoms. The number of pyridine rings is 1. The Kier molecular flexibility index (Phi) is 2.70. The standard InChI is InChI=1S/C13H17N3O2/c1-8-11-6-14-4-10(11)7-16(8)13(18)9-2-3-12(17)15-5-9/h2-3,5,8,10-11,14H,4,6-7H2,1H3,(H,15,17). The smallest absolute Gasteiger partial charge is 0.255 e. The molecule has 1 amide bonds. The first-order valence-electron chi connectivity index (χ1n) is 6.37. The van der Waals surface area contributed by atoms with E-state index in [1.807, 2.05) is 4.90 Å². The van der Waals surface area contributed by atoms with E-state index in [4.69, 9.17) is 0 Å². The van der Waals surface area contributed by atoms with Crippen molar-refractivity contribution in [3.8, 4) is 0 Å². The maximum Gasteiger partial charge on any atom is 0.255 e. The second kappa shape index (κ2) is 4.24. The fraction of sp³-hybridized carbons (Fsp3) is 0.538. The first kappa shape index (κ1) is 11.5. The van der Waals surface area contributed by atoms with Gasteiger partial charge in [-0.15, -0.1) is 0 Å². The molecule has 2 saturated heterocycles. The molecule has 0 spiro atoms. The molecule has 0 radical (unpaired) electrons. The van der Waals surface area contributed by atoms with Gasteiger partial charge in [-0.25, -0.2) is 0 Å². The second-order valence-electron chi connectivity index (χ2n) is 5.22. The fourth-order valence-corrected chi connectivity index (χ4v) is 3.15. The van der Waals surface area contributed by atoms with Crippen LogP contribution in [0, 0.1) is 11.8 Å². The van der Waals surface area contributed by atoms with Gasteiger partial charge in [-0.3, -0.25) is 9.59 Å². The summed E-state index contributed by atoms with van der Waals surface area (Å²) in [6, 6.07) is 3.26. The Morgan fingerprint density at radius 2 is 2.22 bits per heavy atom. The molecule has 1 aromatic rings. The van der Waals surface area contributed by atoms with E-state index in [9.17, 15) is 9.59 Å². The van der Waals surface area contributed by atoms with Crippen LogP contribution in [0.3, 0.4) is 0 Å². The number of likely N-dealkylation sites (tertiary alicyclic amines) is 1. The molecule has 3 rings (SSSR count). The quantitative estimate of drug-likeness (QED) is 0.737. The zero-order valence-electron chi connectivity index (χ0n) is 10.3. The van der Waals surface area contributed by atoms with Crippen LogP contribution in [-0.4, -0.2) is 41.5 Å². The van der Waals surface area contributed by atoms with Gasteiger partial charge < -0.3 is 15.2 Å². The predicted octanol–water partition coefficient (Wildman–Crippen LogP) is 0.0548. The minimum Gasteiger partial charge on any atom is -0.335 e. The molecule has 5 heteroatoms. The van der Waals surface area contributed by atoms with Crippen molar-refractivity contribution < 1.29 is 4.79 Å². The molecule has 3 heterocycles. The summed E-state index contributed by atoms with van der Waals surface area (Å²) >= 11 is 0. The molecule has 0 aromatic carbocycles. The second-order valence-corrected chi connectivity index (χ2v) is 5.22. The highest BCUT2D eigenvalue weighted by molar-refractivity contribution is 5.94. The fourth-order valence-electron chi connectivity index (χ4n) is 3.15. The van der Waals surface area contributed by atoms with Crippen molar-refractivity contribution in [1.29, 1.82) is 0 Å². The molecule has 96 valence electrons. The van der Waals surface area contributed by atoms with Crippen LogP contribution in [0.4, 0.5) is 0 Å². The number of hydrogen-bond donors (Lipinski definition) is 2. The highest BCUT2D eigenvalue weighted by Crippen LogP contribution is 2.32. The Hall–Kier alpha value is -1.62. The van der Waals surface area contributed by atoms with Crippen LogP contribution in [0.5, 0.6) is 0 Å². The Morgan fingerprint density at radius 3 is 2.89 bits per heavy atom. The molecule has 0 saturated carbocycles. The van der Waals surface area contributed by atoms with Crippen molar-refractivity contribution >= 4 is 5.91 Å². The number of hydrogen-bond acceptors (Lipinski definition) is 3. The average Bonchev–Trinajstić information content (AvgIpc) is 2.93. The van der Waals surface area contributed by atoms with E-state index in [1.54, 1.807) is 6.07 Å². The van der Waals surface area contributed by atoms with Gasteiger partial charge in [0.05, 0.1) is 5.56 Å². The molecule has 1 aromatic heterocycles. The van der Waals surface area contributed by atoms with Gasteiger partial charge in [0.25, 0.3) is 5.91 Å². The highest BCUT2D eigenvalue weighted by atomic mass is 16.2. The third kappa shape index (κ3) is 1.75. The molecule has 2 fully saturated rings. The number of H-pyrrole nitrogens is 1. The van der Waals surface area contributed by atoms with Crippen molar-refractivity contribution in [1.82, 2.24) is 15.2 Å². The lowest BCUT2D eigenvalue weighted by Crippen LogP contribution is -2.38. The summed E-state index contributed by atoms with van der Waals surface area (Å²) in [5.74, 6) is 1.16. The van der Waals surface area contributed by atoms with E-state index in [-0.39, 0.29) is 17.5 Å². The topological polar surface area (TPSA) is 65.2 Å². The molecule has 5 nitrogen and oxygen atoms in total. The van der Waals surface area contributed by atoms with Gasteiger partial charge >= 0.3 is 0 Å². The van der Waals surface area contributed by atoms with E-state index < -0.39 is 0 Å². The van der Waals surface area contributed by atoms with E-state index in [2.05, 4.69) is 17.2 Å². The molecule has 3 unspecified atom stereocenters. The van der Waals surface area contributed by atoms with Crippen molar-refractivity contribution in [3.05, 3.63) is 34.2 Å².